The number of imidazole rings is 1. The number of hydrogen-bond acceptors (Lipinski definition) is 3. The lowest BCUT2D eigenvalue weighted by atomic mass is 10.2. The maximum absolute atomic E-state index is 4.42. The quantitative estimate of drug-likeness (QED) is 0.714. The first kappa shape index (κ1) is 13.0. The van der Waals surface area contributed by atoms with Crippen LogP contribution in [0, 0.1) is 5.92 Å². The molecule has 92 valence electrons. The molecule has 0 saturated carbocycles. The Hall–Kier alpha value is -1.03. The van der Waals surface area contributed by atoms with Gasteiger partial charge in [0.05, 0.1) is 0 Å². The molecule has 1 rings (SSSR count). The van der Waals surface area contributed by atoms with E-state index in [0.717, 1.165) is 32.0 Å². The van der Waals surface area contributed by atoms with E-state index in [1.165, 1.54) is 0 Å². The predicted octanol–water partition coefficient (Wildman–Crippen LogP) is 1.58. The summed E-state index contributed by atoms with van der Waals surface area (Å²) in [5.41, 5.74) is 0. The van der Waals surface area contributed by atoms with Gasteiger partial charge in [0.2, 0.25) is 5.95 Å². The molecule has 0 spiro atoms. The Balaban J connectivity index is 2.53. The van der Waals surface area contributed by atoms with Gasteiger partial charge in [-0.3, -0.25) is 0 Å². The lowest BCUT2D eigenvalue weighted by Crippen LogP contribution is -2.25. The molecule has 4 nitrogen and oxygen atoms in total. The van der Waals surface area contributed by atoms with Gasteiger partial charge < -0.3 is 14.8 Å². The zero-order valence-electron chi connectivity index (χ0n) is 10.9. The number of hydrogen-bond donors (Lipinski definition) is 1. The molecule has 0 aromatic carbocycles. The molecule has 4 heteroatoms. The molecule has 0 bridgehead atoms. The summed E-state index contributed by atoms with van der Waals surface area (Å²) >= 11 is 0. The fraction of sp³-hybridized carbons (Fsp3) is 0.750. The number of nitrogens with zero attached hydrogens (tertiary/aromatic N) is 3. The molecule has 1 N–H and O–H groups in total. The summed E-state index contributed by atoms with van der Waals surface area (Å²) < 4.78 is 2.23. The Kier molecular flexibility index (Phi) is 5.32. The monoisotopic (exact) mass is 224 g/mol. The molecule has 0 unspecified atom stereocenters. The summed E-state index contributed by atoms with van der Waals surface area (Å²) in [5.74, 6) is 1.73. The maximum Gasteiger partial charge on any atom is 0.205 e. The molecular formula is C12H24N4. The zero-order chi connectivity index (χ0) is 12.0. The van der Waals surface area contributed by atoms with Gasteiger partial charge in [-0.25, -0.2) is 4.98 Å². The molecule has 0 fully saturated rings. The van der Waals surface area contributed by atoms with Crippen LogP contribution in [0.5, 0.6) is 0 Å². The minimum absolute atomic E-state index is 0.652. The highest BCUT2D eigenvalue weighted by molar-refractivity contribution is 5.29. The van der Waals surface area contributed by atoms with E-state index in [0.29, 0.717) is 5.92 Å². The van der Waals surface area contributed by atoms with Gasteiger partial charge in [0, 0.05) is 32.5 Å². The van der Waals surface area contributed by atoms with Crippen molar-refractivity contribution in [2.45, 2.75) is 26.8 Å². The Labute approximate surface area is 98.7 Å². The summed E-state index contributed by atoms with van der Waals surface area (Å²) in [7, 11) is 4.09. The molecule has 0 radical (unpaired) electrons. The van der Waals surface area contributed by atoms with Crippen LogP contribution in [0.2, 0.25) is 0 Å². The largest absolute Gasteiger partial charge is 0.345 e. The summed E-state index contributed by atoms with van der Waals surface area (Å²) in [5, 5.41) is 3.16. The third kappa shape index (κ3) is 3.85. The topological polar surface area (TPSA) is 33.1 Å². The van der Waals surface area contributed by atoms with E-state index in [1.54, 1.807) is 0 Å². The normalized spacial score (nSPS) is 11.1. The van der Waals surface area contributed by atoms with Gasteiger partial charge in [0.15, 0.2) is 0 Å². The van der Waals surface area contributed by atoms with Gasteiger partial charge in [-0.05, 0) is 25.9 Å². The highest BCUT2D eigenvalue weighted by Gasteiger charge is 2.08. The van der Waals surface area contributed by atoms with Crippen molar-refractivity contribution in [3.05, 3.63) is 12.4 Å². The van der Waals surface area contributed by atoms with Crippen molar-refractivity contribution in [2.24, 2.45) is 5.92 Å². The molecule has 0 aliphatic rings. The van der Waals surface area contributed by atoms with E-state index in [4.69, 9.17) is 0 Å². The van der Waals surface area contributed by atoms with Gasteiger partial charge in [0.1, 0.15) is 0 Å². The van der Waals surface area contributed by atoms with Crippen molar-refractivity contribution in [2.75, 3.05) is 32.1 Å². The van der Waals surface area contributed by atoms with E-state index in [9.17, 15) is 0 Å². The molecule has 1 aromatic rings. The van der Waals surface area contributed by atoms with Crippen LogP contribution in [-0.4, -0.2) is 36.7 Å². The Morgan fingerprint density at radius 2 is 2.25 bits per heavy atom. The van der Waals surface area contributed by atoms with Crippen LogP contribution in [0.1, 0.15) is 20.3 Å². The molecule has 0 saturated heterocycles. The fourth-order valence-electron chi connectivity index (χ4n) is 1.77. The van der Waals surface area contributed by atoms with Gasteiger partial charge >= 0.3 is 0 Å². The summed E-state index contributed by atoms with van der Waals surface area (Å²) in [4.78, 5) is 6.64. The highest BCUT2D eigenvalue weighted by Crippen LogP contribution is 2.12. The lowest BCUT2D eigenvalue weighted by Gasteiger charge is -2.20. The van der Waals surface area contributed by atoms with Crippen LogP contribution in [0.3, 0.4) is 0 Å². The molecular weight excluding hydrogens is 200 g/mol. The van der Waals surface area contributed by atoms with E-state index in [2.05, 4.69) is 46.9 Å². The first-order valence-corrected chi connectivity index (χ1v) is 6.02. The van der Waals surface area contributed by atoms with Crippen molar-refractivity contribution in [3.63, 3.8) is 0 Å². The Bertz CT molecular complexity index is 293. The van der Waals surface area contributed by atoms with Crippen molar-refractivity contribution >= 4 is 5.95 Å². The lowest BCUT2D eigenvalue weighted by molar-refractivity contribution is 0.519. The Morgan fingerprint density at radius 3 is 2.88 bits per heavy atom. The second-order valence-corrected chi connectivity index (χ2v) is 4.65. The number of nitrogens with one attached hydrogen (secondary N) is 1. The van der Waals surface area contributed by atoms with E-state index in [-0.39, 0.29) is 0 Å². The molecule has 0 aliphatic carbocycles. The first-order valence-electron chi connectivity index (χ1n) is 6.02. The van der Waals surface area contributed by atoms with Crippen LogP contribution in [-0.2, 0) is 6.54 Å². The SMILES string of the molecule is CNCCCN(C)c1nccn1CC(C)C. The molecule has 0 atom stereocenters. The zero-order valence-corrected chi connectivity index (χ0v) is 10.9. The number of rotatable bonds is 7. The van der Waals surface area contributed by atoms with Crippen molar-refractivity contribution in [3.8, 4) is 0 Å². The standard InChI is InChI=1S/C12H24N4/c1-11(2)10-16-9-7-14-12(16)15(4)8-5-6-13-3/h7,9,11,13H,5-6,8,10H2,1-4H3. The van der Waals surface area contributed by atoms with Gasteiger partial charge in [-0.15, -0.1) is 0 Å². The second-order valence-electron chi connectivity index (χ2n) is 4.65. The van der Waals surface area contributed by atoms with Crippen molar-refractivity contribution in [1.82, 2.24) is 14.9 Å². The smallest absolute Gasteiger partial charge is 0.205 e. The highest BCUT2D eigenvalue weighted by atomic mass is 15.3. The molecule has 0 amide bonds. The van der Waals surface area contributed by atoms with E-state index < -0.39 is 0 Å². The van der Waals surface area contributed by atoms with E-state index >= 15 is 0 Å². The van der Waals surface area contributed by atoms with Crippen LogP contribution in [0.25, 0.3) is 0 Å². The second kappa shape index (κ2) is 6.53. The minimum Gasteiger partial charge on any atom is -0.345 e. The number of anilines is 1. The van der Waals surface area contributed by atoms with Crippen LogP contribution in [0.4, 0.5) is 5.95 Å². The fourth-order valence-corrected chi connectivity index (χ4v) is 1.77. The third-order valence-electron chi connectivity index (χ3n) is 2.52. The first-order chi connectivity index (χ1) is 7.65. The van der Waals surface area contributed by atoms with Crippen molar-refractivity contribution in [1.29, 1.82) is 0 Å². The molecule has 16 heavy (non-hydrogen) atoms. The van der Waals surface area contributed by atoms with Gasteiger partial charge in [0.25, 0.3) is 0 Å². The molecule has 1 aromatic heterocycles. The Morgan fingerprint density at radius 1 is 1.50 bits per heavy atom. The molecule has 0 aliphatic heterocycles. The van der Waals surface area contributed by atoms with Crippen LogP contribution in [0.15, 0.2) is 12.4 Å². The van der Waals surface area contributed by atoms with Crippen LogP contribution < -0.4 is 10.2 Å². The van der Waals surface area contributed by atoms with E-state index in [1.807, 2.05) is 13.2 Å². The summed E-state index contributed by atoms with van der Waals surface area (Å²) in [6, 6.07) is 0. The summed E-state index contributed by atoms with van der Waals surface area (Å²) in [6.45, 7) is 7.58. The average Bonchev–Trinajstić information content (AvgIpc) is 2.65. The summed E-state index contributed by atoms with van der Waals surface area (Å²) in [6.07, 6.45) is 5.08. The van der Waals surface area contributed by atoms with Gasteiger partial charge in [-0.1, -0.05) is 13.8 Å². The predicted molar refractivity (Wildman–Crippen MR) is 68.9 cm³/mol. The minimum atomic E-state index is 0.652. The number of aromatic nitrogens is 2. The average molecular weight is 224 g/mol. The van der Waals surface area contributed by atoms with Crippen LogP contribution >= 0.6 is 0 Å². The third-order valence-corrected chi connectivity index (χ3v) is 2.52. The van der Waals surface area contributed by atoms with Gasteiger partial charge in [-0.2, -0.15) is 0 Å². The molecule has 1 heterocycles. The van der Waals surface area contributed by atoms with Crippen molar-refractivity contribution < 1.29 is 0 Å². The maximum atomic E-state index is 4.42.